The van der Waals surface area contributed by atoms with Gasteiger partial charge in [0.2, 0.25) is 0 Å². The molecule has 1 aliphatic rings. The summed E-state index contributed by atoms with van der Waals surface area (Å²) in [6.45, 7) is 5.61. The number of carbonyl (C=O) groups excluding carboxylic acids is 4. The average molecular weight is 493 g/mol. The molecule has 0 bridgehead atoms. The summed E-state index contributed by atoms with van der Waals surface area (Å²) in [5, 5.41) is 5.08. The van der Waals surface area contributed by atoms with Crippen LogP contribution in [0, 0.1) is 0 Å². The molecular weight excluding hydrogens is 464 g/mol. The largest absolute Gasteiger partial charge is 0.461 e. The van der Waals surface area contributed by atoms with Gasteiger partial charge in [-0.25, -0.2) is 9.59 Å². The van der Waals surface area contributed by atoms with Gasteiger partial charge in [-0.3, -0.25) is 19.6 Å². The Morgan fingerprint density at radius 3 is 1.83 bits per heavy atom. The fraction of sp³-hybridized carbons (Fsp3) is 0.308. The zero-order valence-corrected chi connectivity index (χ0v) is 20.4. The SMILES string of the molecule is CCOC(=O)C1=NCCC(C)N=C(C(=O)OCC)c2ccccc2NC(=O)C(=O)Nc2ccccc21. The number of para-hydroxylation sites is 2. The van der Waals surface area contributed by atoms with Gasteiger partial charge < -0.3 is 20.1 Å². The van der Waals surface area contributed by atoms with E-state index in [1.54, 1.807) is 69.3 Å². The Labute approximate surface area is 208 Å². The highest BCUT2D eigenvalue weighted by Gasteiger charge is 2.25. The van der Waals surface area contributed by atoms with Gasteiger partial charge in [-0.1, -0.05) is 36.4 Å². The molecule has 1 atom stereocenters. The minimum Gasteiger partial charge on any atom is -0.461 e. The second kappa shape index (κ2) is 12.4. The van der Waals surface area contributed by atoms with Crippen molar-refractivity contribution in [1.82, 2.24) is 0 Å². The van der Waals surface area contributed by atoms with Crippen LogP contribution in [0.5, 0.6) is 0 Å². The fourth-order valence-corrected chi connectivity index (χ4v) is 3.49. The molecule has 0 spiro atoms. The van der Waals surface area contributed by atoms with Gasteiger partial charge in [0.25, 0.3) is 0 Å². The van der Waals surface area contributed by atoms with E-state index in [0.29, 0.717) is 17.5 Å². The third-order valence-corrected chi connectivity index (χ3v) is 5.17. The maximum atomic E-state index is 12.8. The Bertz CT molecular complexity index is 1220. The van der Waals surface area contributed by atoms with Gasteiger partial charge in [-0.2, -0.15) is 0 Å². The molecule has 10 heteroatoms. The van der Waals surface area contributed by atoms with Gasteiger partial charge in [0.1, 0.15) is 0 Å². The minimum atomic E-state index is -0.974. The van der Waals surface area contributed by atoms with E-state index >= 15 is 0 Å². The van der Waals surface area contributed by atoms with Crippen LogP contribution in [0.15, 0.2) is 58.5 Å². The van der Waals surface area contributed by atoms with Crippen LogP contribution in [0.4, 0.5) is 11.4 Å². The van der Waals surface area contributed by atoms with E-state index in [2.05, 4.69) is 20.6 Å². The summed E-state index contributed by atoms with van der Waals surface area (Å²) >= 11 is 0. The lowest BCUT2D eigenvalue weighted by Gasteiger charge is -2.14. The first kappa shape index (κ1) is 26.3. The minimum absolute atomic E-state index is 0.00751. The highest BCUT2D eigenvalue weighted by molar-refractivity contribution is 6.48. The Balaban J connectivity index is 2.13. The number of carbonyl (C=O) groups is 4. The van der Waals surface area contributed by atoms with Crippen LogP contribution in [-0.4, -0.2) is 61.0 Å². The lowest BCUT2D eigenvalue weighted by Crippen LogP contribution is -2.31. The molecule has 2 aromatic rings. The Kier molecular flexibility index (Phi) is 9.04. The molecule has 2 amide bonds. The average Bonchev–Trinajstić information content (AvgIpc) is 2.86. The maximum absolute atomic E-state index is 12.8. The molecule has 0 radical (unpaired) electrons. The van der Waals surface area contributed by atoms with Crippen molar-refractivity contribution in [2.24, 2.45) is 9.98 Å². The summed E-state index contributed by atoms with van der Waals surface area (Å²) in [6, 6.07) is 12.6. The summed E-state index contributed by atoms with van der Waals surface area (Å²) in [6.07, 6.45) is 0.398. The first-order chi connectivity index (χ1) is 17.3. The van der Waals surface area contributed by atoms with Crippen molar-refractivity contribution in [1.29, 1.82) is 0 Å². The van der Waals surface area contributed by atoms with Crippen LogP contribution < -0.4 is 10.6 Å². The summed E-state index contributed by atoms with van der Waals surface area (Å²) < 4.78 is 10.4. The molecule has 1 aliphatic heterocycles. The standard InChI is InChI=1S/C26H28N4O6/c1-4-35-25(33)21-17-10-6-8-12-19(17)29-23(31)24(32)30-20-13-9-7-11-18(20)22(26(34)36-5-2)28-16(3)14-15-27-21/h6-13,16H,4-5,14-15H2,1-3H3,(H,29,31)(H,30,32). The highest BCUT2D eigenvalue weighted by atomic mass is 16.5. The number of esters is 2. The number of nitrogens with one attached hydrogen (secondary N) is 2. The summed E-state index contributed by atoms with van der Waals surface area (Å²) in [7, 11) is 0. The van der Waals surface area contributed by atoms with Gasteiger partial charge in [-0.15, -0.1) is 0 Å². The number of hydrogen-bond acceptors (Lipinski definition) is 8. The van der Waals surface area contributed by atoms with Gasteiger partial charge >= 0.3 is 23.8 Å². The van der Waals surface area contributed by atoms with Gasteiger partial charge in [0.05, 0.1) is 24.6 Å². The quantitative estimate of drug-likeness (QED) is 0.498. The Hall–Kier alpha value is -4.34. The molecule has 0 saturated heterocycles. The summed E-state index contributed by atoms with van der Waals surface area (Å²) in [4.78, 5) is 60.1. The molecule has 0 aliphatic carbocycles. The van der Waals surface area contributed by atoms with Crippen molar-refractivity contribution < 1.29 is 28.7 Å². The van der Waals surface area contributed by atoms with Crippen LogP contribution in [0.1, 0.15) is 38.3 Å². The van der Waals surface area contributed by atoms with E-state index in [0.717, 1.165) is 0 Å². The van der Waals surface area contributed by atoms with Crippen LogP contribution in [0.2, 0.25) is 0 Å². The monoisotopic (exact) mass is 492 g/mol. The second-order valence-electron chi connectivity index (χ2n) is 7.79. The molecule has 3 rings (SSSR count). The van der Waals surface area contributed by atoms with E-state index in [4.69, 9.17) is 9.47 Å². The lowest BCUT2D eigenvalue weighted by atomic mass is 10.1. The molecule has 36 heavy (non-hydrogen) atoms. The van der Waals surface area contributed by atoms with Crippen LogP contribution in [0.3, 0.4) is 0 Å². The number of amides is 2. The number of rotatable bonds is 4. The van der Waals surface area contributed by atoms with Crippen molar-refractivity contribution in [3.05, 3.63) is 59.7 Å². The van der Waals surface area contributed by atoms with Gasteiger partial charge in [0.15, 0.2) is 11.4 Å². The first-order valence-electron chi connectivity index (χ1n) is 11.6. The number of anilines is 2. The molecule has 1 heterocycles. The molecule has 2 aromatic carbocycles. The Morgan fingerprint density at radius 2 is 1.31 bits per heavy atom. The first-order valence-corrected chi connectivity index (χ1v) is 11.6. The number of ether oxygens (including phenoxy) is 2. The highest BCUT2D eigenvalue weighted by Crippen LogP contribution is 2.21. The lowest BCUT2D eigenvalue weighted by molar-refractivity contribution is -0.135. The number of hydrogen-bond donors (Lipinski definition) is 2. The van der Waals surface area contributed by atoms with E-state index < -0.39 is 23.8 Å². The normalized spacial score (nSPS) is 16.5. The zero-order valence-electron chi connectivity index (χ0n) is 20.4. The van der Waals surface area contributed by atoms with Crippen molar-refractivity contribution >= 4 is 46.6 Å². The molecule has 0 aromatic heterocycles. The molecule has 0 fully saturated rings. The van der Waals surface area contributed by atoms with Crippen molar-refractivity contribution in [2.75, 3.05) is 30.4 Å². The van der Waals surface area contributed by atoms with E-state index in [-0.39, 0.29) is 48.6 Å². The van der Waals surface area contributed by atoms with E-state index in [1.807, 2.05) is 0 Å². The predicted molar refractivity (Wildman–Crippen MR) is 135 cm³/mol. The molecule has 1 unspecified atom stereocenters. The maximum Gasteiger partial charge on any atom is 0.357 e. The fourth-order valence-electron chi connectivity index (χ4n) is 3.49. The van der Waals surface area contributed by atoms with E-state index in [9.17, 15) is 19.2 Å². The van der Waals surface area contributed by atoms with E-state index in [1.165, 1.54) is 0 Å². The molecule has 188 valence electrons. The third kappa shape index (κ3) is 6.41. The smallest absolute Gasteiger partial charge is 0.357 e. The topological polar surface area (TPSA) is 136 Å². The van der Waals surface area contributed by atoms with Crippen LogP contribution >= 0.6 is 0 Å². The van der Waals surface area contributed by atoms with Crippen molar-refractivity contribution in [2.45, 2.75) is 33.2 Å². The molecule has 10 nitrogen and oxygen atoms in total. The molecule has 0 saturated carbocycles. The summed E-state index contributed by atoms with van der Waals surface area (Å²) in [5.74, 6) is -3.27. The second-order valence-corrected chi connectivity index (χ2v) is 7.79. The summed E-state index contributed by atoms with van der Waals surface area (Å²) in [5.41, 5.74) is 1.10. The molecular formula is C26H28N4O6. The van der Waals surface area contributed by atoms with Gasteiger partial charge in [0, 0.05) is 23.7 Å². The Morgan fingerprint density at radius 1 is 0.833 bits per heavy atom. The van der Waals surface area contributed by atoms with Gasteiger partial charge in [-0.05, 0) is 39.3 Å². The van der Waals surface area contributed by atoms with Crippen LogP contribution in [0.25, 0.3) is 0 Å². The number of aliphatic imine (C=N–C) groups is 2. The van der Waals surface area contributed by atoms with Crippen LogP contribution in [-0.2, 0) is 28.7 Å². The number of benzene rings is 2. The zero-order chi connectivity index (χ0) is 26.1. The predicted octanol–water partition coefficient (Wildman–Crippen LogP) is 2.76. The number of fused-ring (bicyclic) bond motifs is 2. The van der Waals surface area contributed by atoms with Crippen molar-refractivity contribution in [3.8, 4) is 0 Å². The van der Waals surface area contributed by atoms with Crippen molar-refractivity contribution in [3.63, 3.8) is 0 Å². The molecule has 2 N–H and O–H groups in total. The third-order valence-electron chi connectivity index (χ3n) is 5.17. The number of nitrogens with zero attached hydrogens (tertiary/aromatic N) is 2.